The Bertz CT molecular complexity index is 548. The van der Waals surface area contributed by atoms with Crippen LogP contribution in [-0.2, 0) is 6.54 Å². The molecule has 1 unspecified atom stereocenters. The third-order valence-electron chi connectivity index (χ3n) is 3.31. The van der Waals surface area contributed by atoms with Gasteiger partial charge >= 0.3 is 0 Å². The maximum absolute atomic E-state index is 13.5. The summed E-state index contributed by atoms with van der Waals surface area (Å²) < 4.78 is 15.6. The van der Waals surface area contributed by atoms with Gasteiger partial charge in [0, 0.05) is 18.9 Å². The Kier molecular flexibility index (Phi) is 4.32. The third kappa shape index (κ3) is 2.84. The normalized spacial score (nSPS) is 12.6. The predicted octanol–water partition coefficient (Wildman–Crippen LogP) is 3.05. The van der Waals surface area contributed by atoms with E-state index in [0.717, 1.165) is 29.9 Å². The maximum Gasteiger partial charge on any atom is 0.130 e. The van der Waals surface area contributed by atoms with Gasteiger partial charge in [0.1, 0.15) is 11.6 Å². The number of hydrogen-bond donors (Lipinski definition) is 1. The first kappa shape index (κ1) is 13.7. The molecule has 0 aliphatic rings. The highest BCUT2D eigenvalue weighted by Crippen LogP contribution is 2.24. The topological polar surface area (TPSA) is 29.9 Å². The lowest BCUT2D eigenvalue weighted by atomic mass is 10.0. The van der Waals surface area contributed by atoms with Crippen molar-refractivity contribution >= 4 is 0 Å². The first-order chi connectivity index (χ1) is 9.17. The van der Waals surface area contributed by atoms with Gasteiger partial charge in [0.05, 0.1) is 6.04 Å². The molecule has 0 radical (unpaired) electrons. The van der Waals surface area contributed by atoms with Crippen molar-refractivity contribution in [3.05, 3.63) is 53.4 Å². The molecule has 0 spiro atoms. The Balaban J connectivity index is 2.44. The van der Waals surface area contributed by atoms with E-state index in [1.807, 2.05) is 26.2 Å². The van der Waals surface area contributed by atoms with Gasteiger partial charge < -0.3 is 9.88 Å². The number of nitrogens with one attached hydrogen (secondary N) is 1. The van der Waals surface area contributed by atoms with Gasteiger partial charge in [-0.25, -0.2) is 9.37 Å². The molecule has 1 N–H and O–H groups in total. The van der Waals surface area contributed by atoms with Crippen molar-refractivity contribution in [2.45, 2.75) is 32.9 Å². The zero-order valence-electron chi connectivity index (χ0n) is 11.7. The Labute approximate surface area is 113 Å². The van der Waals surface area contributed by atoms with Crippen LogP contribution in [0.2, 0.25) is 0 Å². The highest BCUT2D eigenvalue weighted by molar-refractivity contribution is 5.33. The zero-order valence-corrected chi connectivity index (χ0v) is 11.7. The molecular formula is C15H20FN3. The fourth-order valence-electron chi connectivity index (χ4n) is 2.36. The van der Waals surface area contributed by atoms with E-state index in [2.05, 4.69) is 21.8 Å². The van der Waals surface area contributed by atoms with Crippen LogP contribution >= 0.6 is 0 Å². The van der Waals surface area contributed by atoms with Crippen molar-refractivity contribution in [1.29, 1.82) is 0 Å². The van der Waals surface area contributed by atoms with E-state index in [4.69, 9.17) is 0 Å². The molecule has 2 rings (SSSR count). The zero-order chi connectivity index (χ0) is 13.8. The summed E-state index contributed by atoms with van der Waals surface area (Å²) in [6, 6.07) is 4.80. The number of aromatic nitrogens is 2. The Morgan fingerprint density at radius 2 is 2.21 bits per heavy atom. The average Bonchev–Trinajstić information content (AvgIpc) is 2.83. The molecule has 102 valence electrons. The number of aryl methyl sites for hydroxylation is 2. The van der Waals surface area contributed by atoms with Gasteiger partial charge in [0.15, 0.2) is 0 Å². The van der Waals surface area contributed by atoms with E-state index in [1.165, 1.54) is 6.07 Å². The second-order valence-electron chi connectivity index (χ2n) is 4.70. The Hall–Kier alpha value is -1.68. The van der Waals surface area contributed by atoms with E-state index in [9.17, 15) is 4.39 Å². The molecule has 0 saturated carbocycles. The molecule has 0 amide bonds. The highest BCUT2D eigenvalue weighted by Gasteiger charge is 2.19. The first-order valence-electron chi connectivity index (χ1n) is 6.61. The number of nitrogens with zero attached hydrogens (tertiary/aromatic N) is 2. The van der Waals surface area contributed by atoms with Gasteiger partial charge in [0.2, 0.25) is 0 Å². The van der Waals surface area contributed by atoms with Crippen molar-refractivity contribution in [3.8, 4) is 0 Å². The largest absolute Gasteiger partial charge is 0.333 e. The van der Waals surface area contributed by atoms with Crippen LogP contribution < -0.4 is 5.32 Å². The lowest BCUT2D eigenvalue weighted by molar-refractivity contribution is 0.560. The SMILES string of the molecule is CCCn1ccnc1C(NC)c1cc(F)ccc1C. The molecule has 1 aromatic carbocycles. The number of imidazole rings is 1. The molecule has 0 bridgehead atoms. The van der Waals surface area contributed by atoms with Crippen LogP contribution in [0.3, 0.4) is 0 Å². The molecule has 3 nitrogen and oxygen atoms in total. The summed E-state index contributed by atoms with van der Waals surface area (Å²) in [4.78, 5) is 4.43. The maximum atomic E-state index is 13.5. The molecule has 0 aliphatic carbocycles. The van der Waals surface area contributed by atoms with Crippen LogP contribution in [0.4, 0.5) is 4.39 Å². The molecule has 0 saturated heterocycles. The predicted molar refractivity (Wildman–Crippen MR) is 74.6 cm³/mol. The minimum absolute atomic E-state index is 0.0859. The van der Waals surface area contributed by atoms with Crippen molar-refractivity contribution in [1.82, 2.24) is 14.9 Å². The molecule has 1 heterocycles. The van der Waals surface area contributed by atoms with Crippen molar-refractivity contribution in [3.63, 3.8) is 0 Å². The molecule has 19 heavy (non-hydrogen) atoms. The van der Waals surface area contributed by atoms with Crippen molar-refractivity contribution in [2.24, 2.45) is 0 Å². The third-order valence-corrected chi connectivity index (χ3v) is 3.31. The second kappa shape index (κ2) is 5.97. The van der Waals surface area contributed by atoms with Crippen LogP contribution in [0.25, 0.3) is 0 Å². The van der Waals surface area contributed by atoms with E-state index in [-0.39, 0.29) is 11.9 Å². The van der Waals surface area contributed by atoms with Crippen LogP contribution in [0, 0.1) is 12.7 Å². The Morgan fingerprint density at radius 3 is 2.89 bits per heavy atom. The minimum atomic E-state index is -0.213. The molecule has 4 heteroatoms. The van der Waals surface area contributed by atoms with Crippen LogP contribution in [0.15, 0.2) is 30.6 Å². The van der Waals surface area contributed by atoms with Gasteiger partial charge in [-0.05, 0) is 43.7 Å². The summed E-state index contributed by atoms with van der Waals surface area (Å²) in [5.41, 5.74) is 2.00. The lowest BCUT2D eigenvalue weighted by Gasteiger charge is -2.20. The Morgan fingerprint density at radius 1 is 1.42 bits per heavy atom. The summed E-state index contributed by atoms with van der Waals surface area (Å²) >= 11 is 0. The number of rotatable bonds is 5. The van der Waals surface area contributed by atoms with E-state index >= 15 is 0 Å². The van der Waals surface area contributed by atoms with Gasteiger partial charge in [-0.15, -0.1) is 0 Å². The smallest absolute Gasteiger partial charge is 0.130 e. The highest BCUT2D eigenvalue weighted by atomic mass is 19.1. The standard InChI is InChI=1S/C15H20FN3/c1-4-8-19-9-7-18-15(19)14(17-3)13-10-12(16)6-5-11(13)2/h5-7,9-10,14,17H,4,8H2,1-3H3. The molecule has 0 aliphatic heterocycles. The van der Waals surface area contributed by atoms with Crippen molar-refractivity contribution < 1.29 is 4.39 Å². The fraction of sp³-hybridized carbons (Fsp3) is 0.400. The number of halogens is 1. The van der Waals surface area contributed by atoms with Crippen LogP contribution in [0.1, 0.15) is 36.3 Å². The summed E-state index contributed by atoms with van der Waals surface area (Å²) in [5, 5.41) is 3.24. The van der Waals surface area contributed by atoms with Gasteiger partial charge in [-0.2, -0.15) is 0 Å². The summed E-state index contributed by atoms with van der Waals surface area (Å²) in [5.74, 6) is 0.715. The van der Waals surface area contributed by atoms with E-state index in [1.54, 1.807) is 12.3 Å². The van der Waals surface area contributed by atoms with E-state index in [0.29, 0.717) is 0 Å². The first-order valence-corrected chi connectivity index (χ1v) is 6.61. The van der Waals surface area contributed by atoms with E-state index < -0.39 is 0 Å². The summed E-state index contributed by atoms with van der Waals surface area (Å²) in [6.07, 6.45) is 4.81. The summed E-state index contributed by atoms with van der Waals surface area (Å²) in [7, 11) is 1.87. The number of benzene rings is 1. The van der Waals surface area contributed by atoms with Crippen molar-refractivity contribution in [2.75, 3.05) is 7.05 Å². The lowest BCUT2D eigenvalue weighted by Crippen LogP contribution is -2.23. The van der Waals surface area contributed by atoms with Gasteiger partial charge in [0.25, 0.3) is 0 Å². The summed E-state index contributed by atoms with van der Waals surface area (Å²) in [6.45, 7) is 5.04. The van der Waals surface area contributed by atoms with Gasteiger partial charge in [-0.3, -0.25) is 0 Å². The number of hydrogen-bond acceptors (Lipinski definition) is 2. The van der Waals surface area contributed by atoms with Crippen LogP contribution in [0.5, 0.6) is 0 Å². The molecule has 0 fully saturated rings. The average molecular weight is 261 g/mol. The second-order valence-corrected chi connectivity index (χ2v) is 4.70. The fourth-order valence-corrected chi connectivity index (χ4v) is 2.36. The van der Waals surface area contributed by atoms with Crippen LogP contribution in [-0.4, -0.2) is 16.6 Å². The molecule has 1 aromatic heterocycles. The monoisotopic (exact) mass is 261 g/mol. The quantitative estimate of drug-likeness (QED) is 0.896. The molecule has 1 atom stereocenters. The minimum Gasteiger partial charge on any atom is -0.333 e. The van der Waals surface area contributed by atoms with Gasteiger partial charge in [-0.1, -0.05) is 13.0 Å². The molecular weight excluding hydrogens is 241 g/mol. The molecule has 2 aromatic rings.